The summed E-state index contributed by atoms with van der Waals surface area (Å²) in [6.07, 6.45) is 1.72. The summed E-state index contributed by atoms with van der Waals surface area (Å²) in [6.45, 7) is 0. The van der Waals surface area contributed by atoms with E-state index in [1.54, 1.807) is 0 Å². The molecule has 1 aromatic rings. The van der Waals surface area contributed by atoms with Crippen molar-refractivity contribution in [3.05, 3.63) is 35.6 Å². The second kappa shape index (κ2) is 7.66. The van der Waals surface area contributed by atoms with Gasteiger partial charge in [-0.1, -0.05) is 0 Å². The highest BCUT2D eigenvalue weighted by atomic mass is 35.5. The molecule has 0 unspecified atom stereocenters. The van der Waals surface area contributed by atoms with Crippen LogP contribution in [0.2, 0.25) is 0 Å². The predicted molar refractivity (Wildman–Crippen MR) is 66.6 cm³/mol. The van der Waals surface area contributed by atoms with E-state index in [9.17, 15) is 14.0 Å². The van der Waals surface area contributed by atoms with Gasteiger partial charge >= 0.3 is 0 Å². The number of carbonyl (C=O) groups excluding carboxylic acids is 2. The average molecular weight is 273 g/mol. The Kier molecular flexibility index (Phi) is 6.14. The van der Waals surface area contributed by atoms with E-state index in [1.165, 1.54) is 24.3 Å². The second-order valence-electron chi connectivity index (χ2n) is 3.66. The van der Waals surface area contributed by atoms with Gasteiger partial charge in [0.2, 0.25) is 5.91 Å². The van der Waals surface area contributed by atoms with Crippen LogP contribution in [0.5, 0.6) is 0 Å². The maximum absolute atomic E-state index is 12.6. The highest BCUT2D eigenvalue weighted by Crippen LogP contribution is 2.02. The minimum Gasteiger partial charge on any atom is -0.273 e. The number of hydrogen-bond acceptors (Lipinski definition) is 2. The molecule has 0 aliphatic carbocycles. The summed E-state index contributed by atoms with van der Waals surface area (Å²) < 4.78 is 12.6. The molecule has 0 radical (unpaired) electrons. The maximum atomic E-state index is 12.6. The van der Waals surface area contributed by atoms with Gasteiger partial charge < -0.3 is 0 Å². The molecule has 0 saturated carbocycles. The first-order valence-corrected chi connectivity index (χ1v) is 6.07. The molecule has 0 atom stereocenters. The molecule has 2 amide bonds. The van der Waals surface area contributed by atoms with E-state index in [0.717, 1.165) is 6.42 Å². The molecule has 0 aromatic heterocycles. The largest absolute Gasteiger partial charge is 0.273 e. The van der Waals surface area contributed by atoms with E-state index in [4.69, 9.17) is 11.6 Å². The molecular formula is C12H14ClFN2O2. The minimum atomic E-state index is -0.485. The van der Waals surface area contributed by atoms with Crippen LogP contribution in [-0.4, -0.2) is 17.7 Å². The Morgan fingerprint density at radius 1 is 1.11 bits per heavy atom. The second-order valence-corrected chi connectivity index (χ2v) is 4.03. The first-order chi connectivity index (χ1) is 8.63. The third-order valence-corrected chi connectivity index (χ3v) is 2.48. The van der Waals surface area contributed by atoms with Gasteiger partial charge in [-0.2, -0.15) is 0 Å². The monoisotopic (exact) mass is 272 g/mol. The molecule has 1 rings (SSSR count). The van der Waals surface area contributed by atoms with E-state index in [2.05, 4.69) is 10.9 Å². The van der Waals surface area contributed by atoms with Crippen molar-refractivity contribution in [1.82, 2.24) is 10.9 Å². The lowest BCUT2D eigenvalue weighted by Crippen LogP contribution is -2.41. The molecule has 0 aliphatic heterocycles. The summed E-state index contributed by atoms with van der Waals surface area (Å²) >= 11 is 5.47. The molecule has 0 saturated heterocycles. The van der Waals surface area contributed by atoms with Gasteiger partial charge in [0.15, 0.2) is 0 Å². The number of halogens is 2. The third-order valence-electron chi connectivity index (χ3n) is 2.21. The Morgan fingerprint density at radius 3 is 2.39 bits per heavy atom. The van der Waals surface area contributed by atoms with E-state index < -0.39 is 11.7 Å². The van der Waals surface area contributed by atoms with Gasteiger partial charge in [0.1, 0.15) is 5.82 Å². The van der Waals surface area contributed by atoms with Gasteiger partial charge in [0, 0.05) is 17.9 Å². The Bertz CT molecular complexity index is 409. The minimum absolute atomic E-state index is 0.275. The highest BCUT2D eigenvalue weighted by Gasteiger charge is 2.06. The van der Waals surface area contributed by atoms with E-state index in [-0.39, 0.29) is 11.5 Å². The first kappa shape index (κ1) is 14.4. The third kappa shape index (κ3) is 5.14. The molecule has 4 nitrogen and oxygen atoms in total. The molecule has 98 valence electrons. The van der Waals surface area contributed by atoms with Crippen molar-refractivity contribution in [2.45, 2.75) is 19.3 Å². The molecule has 0 spiro atoms. The van der Waals surface area contributed by atoms with Crippen LogP contribution < -0.4 is 10.9 Å². The molecule has 6 heteroatoms. The Hall–Kier alpha value is -1.62. The van der Waals surface area contributed by atoms with Crippen LogP contribution in [-0.2, 0) is 4.79 Å². The first-order valence-electron chi connectivity index (χ1n) is 5.54. The van der Waals surface area contributed by atoms with Crippen LogP contribution in [0.4, 0.5) is 4.39 Å². The zero-order valence-electron chi connectivity index (χ0n) is 9.71. The van der Waals surface area contributed by atoms with Crippen molar-refractivity contribution in [2.24, 2.45) is 0 Å². The van der Waals surface area contributed by atoms with Gasteiger partial charge in [-0.25, -0.2) is 4.39 Å². The number of benzene rings is 1. The number of carbonyl (C=O) groups is 2. The van der Waals surface area contributed by atoms with Crippen LogP contribution in [0.15, 0.2) is 24.3 Å². The van der Waals surface area contributed by atoms with Crippen molar-refractivity contribution in [1.29, 1.82) is 0 Å². The van der Waals surface area contributed by atoms with Gasteiger partial charge in [0.05, 0.1) is 0 Å². The van der Waals surface area contributed by atoms with Crippen molar-refractivity contribution < 1.29 is 14.0 Å². The molecule has 1 aromatic carbocycles. The standard InChI is InChI=1S/C12H14ClFN2O2/c13-8-2-1-3-11(17)15-16-12(18)9-4-6-10(14)7-5-9/h4-7H,1-3,8H2,(H,15,17)(H,16,18). The molecule has 0 bridgehead atoms. The molecule has 18 heavy (non-hydrogen) atoms. The lowest BCUT2D eigenvalue weighted by Gasteiger charge is -2.06. The van der Waals surface area contributed by atoms with Crippen molar-refractivity contribution in [3.8, 4) is 0 Å². The molecular weight excluding hydrogens is 259 g/mol. The fourth-order valence-corrected chi connectivity index (χ4v) is 1.43. The number of amides is 2. The van der Waals surface area contributed by atoms with E-state index in [0.29, 0.717) is 18.7 Å². The maximum Gasteiger partial charge on any atom is 0.269 e. The number of alkyl halides is 1. The van der Waals surface area contributed by atoms with Gasteiger partial charge in [0.25, 0.3) is 5.91 Å². The van der Waals surface area contributed by atoms with Crippen molar-refractivity contribution in [3.63, 3.8) is 0 Å². The number of rotatable bonds is 5. The number of unbranched alkanes of at least 4 members (excludes halogenated alkanes) is 1. The summed E-state index contributed by atoms with van der Waals surface area (Å²) in [4.78, 5) is 22.8. The topological polar surface area (TPSA) is 58.2 Å². The average Bonchev–Trinajstić information content (AvgIpc) is 2.37. The van der Waals surface area contributed by atoms with Crippen LogP contribution in [0.3, 0.4) is 0 Å². The van der Waals surface area contributed by atoms with Crippen molar-refractivity contribution in [2.75, 3.05) is 5.88 Å². The summed E-state index contributed by atoms with van der Waals surface area (Å²) in [5.41, 5.74) is 4.81. The van der Waals surface area contributed by atoms with E-state index in [1.807, 2.05) is 0 Å². The fourth-order valence-electron chi connectivity index (χ4n) is 1.24. The fraction of sp³-hybridized carbons (Fsp3) is 0.333. The number of nitrogens with one attached hydrogen (secondary N) is 2. The predicted octanol–water partition coefficient (Wildman–Crippen LogP) is 2.00. The van der Waals surface area contributed by atoms with Crippen molar-refractivity contribution >= 4 is 23.4 Å². The van der Waals surface area contributed by atoms with Gasteiger partial charge in [-0.3, -0.25) is 20.4 Å². The van der Waals surface area contributed by atoms with Crippen LogP contribution in [0.25, 0.3) is 0 Å². The lowest BCUT2D eigenvalue weighted by molar-refractivity contribution is -0.121. The SMILES string of the molecule is O=C(CCCCCl)NNC(=O)c1ccc(F)cc1. The quantitative estimate of drug-likeness (QED) is 0.489. The zero-order chi connectivity index (χ0) is 13.4. The highest BCUT2D eigenvalue weighted by molar-refractivity contribution is 6.17. The zero-order valence-corrected chi connectivity index (χ0v) is 10.5. The van der Waals surface area contributed by atoms with Crippen LogP contribution in [0.1, 0.15) is 29.6 Å². The Balaban J connectivity index is 2.32. The smallest absolute Gasteiger partial charge is 0.269 e. The number of hydrogen-bond donors (Lipinski definition) is 2. The van der Waals surface area contributed by atoms with Gasteiger partial charge in [-0.15, -0.1) is 11.6 Å². The lowest BCUT2D eigenvalue weighted by atomic mass is 10.2. The summed E-state index contributed by atoms with van der Waals surface area (Å²) in [6, 6.07) is 5.03. The summed E-state index contributed by atoms with van der Waals surface area (Å²) in [5.74, 6) is -0.678. The van der Waals surface area contributed by atoms with E-state index >= 15 is 0 Å². The molecule has 0 heterocycles. The summed E-state index contributed by atoms with van der Waals surface area (Å²) in [7, 11) is 0. The molecule has 0 fully saturated rings. The molecule has 2 N–H and O–H groups in total. The molecule has 0 aliphatic rings. The van der Waals surface area contributed by atoms with Crippen LogP contribution >= 0.6 is 11.6 Å². The Morgan fingerprint density at radius 2 is 1.78 bits per heavy atom. The normalized spacial score (nSPS) is 9.89. The summed E-state index contributed by atoms with van der Waals surface area (Å²) in [5, 5.41) is 0. The number of hydrazine groups is 1. The van der Waals surface area contributed by atoms with Gasteiger partial charge in [-0.05, 0) is 37.1 Å². The Labute approximate surface area is 109 Å². The van der Waals surface area contributed by atoms with Crippen LogP contribution in [0, 0.1) is 5.82 Å².